The predicted octanol–water partition coefficient (Wildman–Crippen LogP) is 3.89. The lowest BCUT2D eigenvalue weighted by Gasteiger charge is -2.29. The second-order valence-corrected chi connectivity index (χ2v) is 6.97. The van der Waals surface area contributed by atoms with Gasteiger partial charge in [-0.3, -0.25) is 4.79 Å². The quantitative estimate of drug-likeness (QED) is 0.806. The molecule has 4 nitrogen and oxygen atoms in total. The zero-order valence-electron chi connectivity index (χ0n) is 13.1. The Kier molecular flexibility index (Phi) is 3.79. The highest BCUT2D eigenvalue weighted by Crippen LogP contribution is 2.41. The third kappa shape index (κ3) is 2.80. The van der Waals surface area contributed by atoms with E-state index in [4.69, 9.17) is 11.6 Å². The van der Waals surface area contributed by atoms with E-state index in [0.29, 0.717) is 17.6 Å². The van der Waals surface area contributed by atoms with Crippen molar-refractivity contribution in [2.45, 2.75) is 31.5 Å². The molecule has 1 saturated heterocycles. The van der Waals surface area contributed by atoms with Crippen LogP contribution in [0.5, 0.6) is 0 Å². The molecule has 8 heteroatoms. The average molecular weight is 370 g/mol. The fourth-order valence-corrected chi connectivity index (χ4v) is 4.08. The highest BCUT2D eigenvalue weighted by atomic mass is 35.5. The van der Waals surface area contributed by atoms with Gasteiger partial charge in [-0.05, 0) is 43.4 Å². The van der Waals surface area contributed by atoms with Crippen LogP contribution in [0.4, 0.5) is 18.9 Å². The molecule has 2 heterocycles. The van der Waals surface area contributed by atoms with Crippen LogP contribution in [0.1, 0.15) is 24.8 Å². The summed E-state index contributed by atoms with van der Waals surface area (Å²) in [6.45, 7) is 0.846. The Labute approximate surface area is 146 Å². The standard InChI is InChI=1S/C17H15ClF3N3O/c18-15-14(23-9-10-4-5-12(23)6-10)8-22-24(16(15)25)13-3-1-2-11(7-13)17(19,20)21/h1-3,7-8,10,12H,4-6,9H2. The third-order valence-corrected chi connectivity index (χ3v) is 5.39. The van der Waals surface area contributed by atoms with Crippen molar-refractivity contribution in [2.75, 3.05) is 11.4 Å². The van der Waals surface area contributed by atoms with Crippen molar-refractivity contribution in [2.24, 2.45) is 5.92 Å². The zero-order chi connectivity index (χ0) is 17.8. The van der Waals surface area contributed by atoms with Gasteiger partial charge < -0.3 is 4.90 Å². The minimum Gasteiger partial charge on any atom is -0.366 e. The van der Waals surface area contributed by atoms with Crippen molar-refractivity contribution >= 4 is 17.3 Å². The Balaban J connectivity index is 1.73. The molecule has 2 unspecified atom stereocenters. The second kappa shape index (κ2) is 5.76. The van der Waals surface area contributed by atoms with Gasteiger partial charge in [0.1, 0.15) is 5.02 Å². The number of aromatic nitrogens is 2. The van der Waals surface area contributed by atoms with Crippen molar-refractivity contribution in [3.63, 3.8) is 0 Å². The summed E-state index contributed by atoms with van der Waals surface area (Å²) in [5, 5.41) is 4.07. The van der Waals surface area contributed by atoms with Crippen molar-refractivity contribution in [1.29, 1.82) is 0 Å². The molecular formula is C17H15ClF3N3O. The highest BCUT2D eigenvalue weighted by Gasteiger charge is 2.39. The Hall–Kier alpha value is -2.02. The van der Waals surface area contributed by atoms with E-state index in [9.17, 15) is 18.0 Å². The van der Waals surface area contributed by atoms with Crippen LogP contribution < -0.4 is 10.5 Å². The van der Waals surface area contributed by atoms with E-state index < -0.39 is 17.3 Å². The fraction of sp³-hybridized carbons (Fsp3) is 0.412. The van der Waals surface area contributed by atoms with Gasteiger partial charge in [-0.2, -0.15) is 23.0 Å². The molecule has 25 heavy (non-hydrogen) atoms. The first-order chi connectivity index (χ1) is 11.8. The molecule has 1 aromatic heterocycles. The lowest BCUT2D eigenvalue weighted by atomic mass is 10.1. The minimum atomic E-state index is -4.49. The second-order valence-electron chi connectivity index (χ2n) is 6.59. The van der Waals surface area contributed by atoms with E-state index in [-0.39, 0.29) is 10.7 Å². The van der Waals surface area contributed by atoms with Crippen LogP contribution in [0, 0.1) is 5.92 Å². The van der Waals surface area contributed by atoms with Gasteiger partial charge in [-0.25, -0.2) is 0 Å². The lowest BCUT2D eigenvalue weighted by molar-refractivity contribution is -0.137. The van der Waals surface area contributed by atoms with E-state index in [1.807, 2.05) is 0 Å². The maximum Gasteiger partial charge on any atom is 0.416 e. The van der Waals surface area contributed by atoms with Crippen molar-refractivity contribution in [3.05, 3.63) is 51.4 Å². The molecule has 2 aromatic rings. The van der Waals surface area contributed by atoms with Crippen molar-refractivity contribution in [3.8, 4) is 5.69 Å². The molecule has 0 amide bonds. The minimum absolute atomic E-state index is 0.0000354. The summed E-state index contributed by atoms with van der Waals surface area (Å²) in [6.07, 6.45) is 0.334. The van der Waals surface area contributed by atoms with E-state index in [0.717, 1.165) is 36.2 Å². The fourth-order valence-electron chi connectivity index (χ4n) is 3.84. The number of rotatable bonds is 2. The normalized spacial score (nSPS) is 22.6. The number of alkyl halides is 3. The molecule has 1 aromatic carbocycles. The molecule has 2 bridgehead atoms. The first kappa shape index (κ1) is 16.4. The van der Waals surface area contributed by atoms with E-state index in [1.165, 1.54) is 24.8 Å². The lowest BCUT2D eigenvalue weighted by Crippen LogP contribution is -2.34. The summed E-state index contributed by atoms with van der Waals surface area (Å²) < 4.78 is 39.5. The molecule has 0 radical (unpaired) electrons. The van der Waals surface area contributed by atoms with Gasteiger partial charge in [0.2, 0.25) is 0 Å². The number of hydrogen-bond acceptors (Lipinski definition) is 3. The maximum atomic E-state index is 12.9. The number of anilines is 1. The average Bonchev–Trinajstić information content (AvgIpc) is 3.20. The highest BCUT2D eigenvalue weighted by molar-refractivity contribution is 6.33. The summed E-state index contributed by atoms with van der Waals surface area (Å²) in [5.74, 6) is 0.618. The van der Waals surface area contributed by atoms with Crippen molar-refractivity contribution < 1.29 is 13.2 Å². The van der Waals surface area contributed by atoms with E-state index in [1.54, 1.807) is 0 Å². The summed E-state index contributed by atoms with van der Waals surface area (Å²) in [5.41, 5.74) is -0.838. The van der Waals surface area contributed by atoms with Gasteiger partial charge >= 0.3 is 6.18 Å². The number of piperidine rings is 1. The molecule has 2 fully saturated rings. The Bertz CT molecular complexity index is 880. The van der Waals surface area contributed by atoms with E-state index in [2.05, 4.69) is 10.00 Å². The van der Waals surface area contributed by atoms with Crippen LogP contribution in [0.2, 0.25) is 5.02 Å². The summed E-state index contributed by atoms with van der Waals surface area (Å²) in [7, 11) is 0. The molecule has 0 spiro atoms. The SMILES string of the molecule is O=c1c(Cl)c(N2CC3CCC2C3)cnn1-c1cccc(C(F)(F)F)c1. The topological polar surface area (TPSA) is 38.1 Å². The summed E-state index contributed by atoms with van der Waals surface area (Å²) >= 11 is 6.26. The smallest absolute Gasteiger partial charge is 0.366 e. The van der Waals surface area contributed by atoms with Gasteiger partial charge in [0.25, 0.3) is 5.56 Å². The monoisotopic (exact) mass is 369 g/mol. The van der Waals surface area contributed by atoms with Crippen LogP contribution in [-0.4, -0.2) is 22.4 Å². The van der Waals surface area contributed by atoms with Crippen LogP contribution in [0.3, 0.4) is 0 Å². The van der Waals surface area contributed by atoms with Crippen LogP contribution in [-0.2, 0) is 6.18 Å². The molecule has 2 atom stereocenters. The van der Waals surface area contributed by atoms with Gasteiger partial charge in [-0.15, -0.1) is 0 Å². The summed E-state index contributed by atoms with van der Waals surface area (Å²) in [4.78, 5) is 14.7. The maximum absolute atomic E-state index is 12.9. The Morgan fingerprint density at radius 2 is 2.04 bits per heavy atom. The molecule has 1 aliphatic carbocycles. The molecule has 4 rings (SSSR count). The molecule has 2 aliphatic rings. The van der Waals surface area contributed by atoms with Gasteiger partial charge in [0.15, 0.2) is 0 Å². The van der Waals surface area contributed by atoms with E-state index >= 15 is 0 Å². The molecule has 0 N–H and O–H groups in total. The van der Waals surface area contributed by atoms with Gasteiger partial charge in [-0.1, -0.05) is 17.7 Å². The Morgan fingerprint density at radius 3 is 2.68 bits per heavy atom. The zero-order valence-corrected chi connectivity index (χ0v) is 13.9. The first-order valence-corrected chi connectivity index (χ1v) is 8.44. The predicted molar refractivity (Wildman–Crippen MR) is 88.3 cm³/mol. The van der Waals surface area contributed by atoms with Crippen LogP contribution in [0.15, 0.2) is 35.3 Å². The number of fused-ring (bicyclic) bond motifs is 2. The number of benzene rings is 1. The first-order valence-electron chi connectivity index (χ1n) is 8.06. The number of nitrogens with zero attached hydrogens (tertiary/aromatic N) is 3. The van der Waals surface area contributed by atoms with Crippen LogP contribution >= 0.6 is 11.6 Å². The molecule has 1 aliphatic heterocycles. The molecular weight excluding hydrogens is 355 g/mol. The van der Waals surface area contributed by atoms with Gasteiger partial charge in [0.05, 0.1) is 23.1 Å². The molecule has 132 valence electrons. The third-order valence-electron chi connectivity index (χ3n) is 5.04. The Morgan fingerprint density at radius 1 is 1.24 bits per heavy atom. The largest absolute Gasteiger partial charge is 0.416 e. The number of halogens is 4. The van der Waals surface area contributed by atoms with Crippen molar-refractivity contribution in [1.82, 2.24) is 9.78 Å². The molecule has 1 saturated carbocycles. The number of hydrogen-bond donors (Lipinski definition) is 0. The van der Waals surface area contributed by atoms with Crippen LogP contribution in [0.25, 0.3) is 5.69 Å². The van der Waals surface area contributed by atoms with Gasteiger partial charge in [0, 0.05) is 12.6 Å². The summed E-state index contributed by atoms with van der Waals surface area (Å²) in [6, 6.07) is 4.85.